The van der Waals surface area contributed by atoms with E-state index >= 15 is 0 Å². The van der Waals surface area contributed by atoms with Crippen molar-refractivity contribution in [3.63, 3.8) is 0 Å². The third kappa shape index (κ3) is 4.15. The van der Waals surface area contributed by atoms with Crippen LogP contribution in [0.4, 0.5) is 10.5 Å². The van der Waals surface area contributed by atoms with Crippen molar-refractivity contribution in [3.05, 3.63) is 98.3 Å². The van der Waals surface area contributed by atoms with Crippen LogP contribution < -0.4 is 15.2 Å². The lowest BCUT2D eigenvalue weighted by atomic mass is 9.96. The molecular formula is C29H23ClN4O5. The first-order chi connectivity index (χ1) is 18.9. The van der Waals surface area contributed by atoms with Gasteiger partial charge in [0.25, 0.3) is 11.5 Å². The van der Waals surface area contributed by atoms with Crippen molar-refractivity contribution in [2.45, 2.75) is 26.4 Å². The molecule has 1 aromatic heterocycles. The molecule has 6 rings (SSSR count). The van der Waals surface area contributed by atoms with Crippen molar-refractivity contribution in [1.82, 2.24) is 9.55 Å². The number of aryl methyl sites for hydroxylation is 1. The van der Waals surface area contributed by atoms with Crippen molar-refractivity contribution in [2.75, 3.05) is 18.1 Å². The Kier molecular flexibility index (Phi) is 6.15. The zero-order chi connectivity index (χ0) is 27.3. The number of rotatable bonds is 4. The molecule has 10 heteroatoms. The second-order valence-electron chi connectivity index (χ2n) is 9.27. The topological polar surface area (TPSA) is 103 Å². The smallest absolute Gasteiger partial charge is 0.434 e. The zero-order valence-electron chi connectivity index (χ0n) is 21.2. The minimum Gasteiger partial charge on any atom is -0.434 e. The molecule has 0 saturated carbocycles. The second-order valence-corrected chi connectivity index (χ2v) is 9.67. The Balaban J connectivity index is 1.66. The maximum atomic E-state index is 14.2. The van der Waals surface area contributed by atoms with Crippen LogP contribution in [0.15, 0.2) is 70.5 Å². The molecule has 0 fully saturated rings. The fourth-order valence-corrected chi connectivity index (χ4v) is 5.43. The SMILES string of the molecule is CCOC(=O)Oc1nc2cccc(Cl)c2c(=O)n1C1N=C(c2ccccc2)c2cc(C)cc3c2N(CC3)C1=O. The number of ether oxygens (including phenoxy) is 2. The Morgan fingerprint density at radius 2 is 1.90 bits per heavy atom. The predicted molar refractivity (Wildman–Crippen MR) is 147 cm³/mol. The Bertz CT molecular complexity index is 1750. The lowest BCUT2D eigenvalue weighted by molar-refractivity contribution is -0.121. The number of aromatic nitrogens is 2. The van der Waals surface area contributed by atoms with Gasteiger partial charge in [0, 0.05) is 17.7 Å². The van der Waals surface area contributed by atoms with E-state index in [-0.39, 0.29) is 22.5 Å². The number of hydrogen-bond donors (Lipinski definition) is 0. The van der Waals surface area contributed by atoms with Crippen molar-refractivity contribution in [1.29, 1.82) is 0 Å². The van der Waals surface area contributed by atoms with E-state index in [0.717, 1.165) is 32.5 Å². The van der Waals surface area contributed by atoms with E-state index < -0.39 is 29.8 Å². The number of amides is 1. The van der Waals surface area contributed by atoms with Crippen molar-refractivity contribution in [2.24, 2.45) is 4.99 Å². The summed E-state index contributed by atoms with van der Waals surface area (Å²) in [5.74, 6) is -0.450. The van der Waals surface area contributed by atoms with Gasteiger partial charge in [0.1, 0.15) is 0 Å². The van der Waals surface area contributed by atoms with Gasteiger partial charge >= 0.3 is 12.2 Å². The van der Waals surface area contributed by atoms with Gasteiger partial charge in [0.05, 0.1) is 33.9 Å². The summed E-state index contributed by atoms with van der Waals surface area (Å²) >= 11 is 6.41. The molecule has 3 heterocycles. The molecule has 3 aromatic carbocycles. The van der Waals surface area contributed by atoms with Gasteiger partial charge in [-0.2, -0.15) is 4.98 Å². The Morgan fingerprint density at radius 3 is 2.67 bits per heavy atom. The average Bonchev–Trinajstić information content (AvgIpc) is 3.29. The summed E-state index contributed by atoms with van der Waals surface area (Å²) in [5, 5.41) is 0.233. The van der Waals surface area contributed by atoms with Gasteiger partial charge in [0.2, 0.25) is 6.17 Å². The van der Waals surface area contributed by atoms with Gasteiger partial charge in [-0.1, -0.05) is 59.6 Å². The van der Waals surface area contributed by atoms with Crippen molar-refractivity contribution < 1.29 is 19.1 Å². The van der Waals surface area contributed by atoms with Crippen LogP contribution in [0.1, 0.15) is 35.3 Å². The molecule has 4 aromatic rings. The van der Waals surface area contributed by atoms with Gasteiger partial charge in [0.15, 0.2) is 0 Å². The van der Waals surface area contributed by atoms with Gasteiger partial charge in [-0.3, -0.25) is 9.59 Å². The van der Waals surface area contributed by atoms with Crippen LogP contribution in [0.5, 0.6) is 6.01 Å². The molecule has 196 valence electrons. The molecule has 0 saturated heterocycles. The molecule has 0 bridgehead atoms. The molecular weight excluding hydrogens is 520 g/mol. The fraction of sp³-hybridized carbons (Fsp3) is 0.207. The average molecular weight is 543 g/mol. The maximum absolute atomic E-state index is 14.2. The minimum absolute atomic E-state index is 0.0480. The van der Waals surface area contributed by atoms with Gasteiger partial charge in [-0.25, -0.2) is 14.4 Å². The predicted octanol–water partition coefficient (Wildman–Crippen LogP) is 4.83. The lowest BCUT2D eigenvalue weighted by Crippen LogP contribution is -2.39. The lowest BCUT2D eigenvalue weighted by Gasteiger charge is -2.23. The molecule has 1 amide bonds. The van der Waals surface area contributed by atoms with Gasteiger partial charge < -0.3 is 14.4 Å². The van der Waals surface area contributed by atoms with Crippen LogP contribution in [-0.4, -0.2) is 40.5 Å². The molecule has 2 aliphatic heterocycles. The highest BCUT2D eigenvalue weighted by atomic mass is 35.5. The Morgan fingerprint density at radius 1 is 1.10 bits per heavy atom. The molecule has 0 N–H and O–H groups in total. The van der Waals surface area contributed by atoms with Gasteiger partial charge in [-0.05, 0) is 44.0 Å². The number of carbonyl (C=O) groups is 2. The fourth-order valence-electron chi connectivity index (χ4n) is 5.18. The number of carbonyl (C=O) groups excluding carboxylic acids is 2. The zero-order valence-corrected chi connectivity index (χ0v) is 21.9. The summed E-state index contributed by atoms with van der Waals surface area (Å²) in [7, 11) is 0. The van der Waals surface area contributed by atoms with Crippen LogP contribution >= 0.6 is 11.6 Å². The first-order valence-corrected chi connectivity index (χ1v) is 12.9. The van der Waals surface area contributed by atoms with Crippen LogP contribution in [0.25, 0.3) is 10.9 Å². The summed E-state index contributed by atoms with van der Waals surface area (Å²) in [6.45, 7) is 4.09. The number of nitrogens with zero attached hydrogens (tertiary/aromatic N) is 4. The van der Waals surface area contributed by atoms with E-state index in [9.17, 15) is 14.4 Å². The van der Waals surface area contributed by atoms with Crippen LogP contribution in [0.2, 0.25) is 5.02 Å². The van der Waals surface area contributed by atoms with E-state index in [4.69, 9.17) is 26.1 Å². The summed E-state index contributed by atoms with van der Waals surface area (Å²) < 4.78 is 11.3. The number of anilines is 1. The number of benzene rings is 3. The molecule has 0 aliphatic carbocycles. The first-order valence-electron chi connectivity index (χ1n) is 12.5. The molecule has 0 radical (unpaired) electrons. The number of fused-ring (bicyclic) bond motifs is 1. The monoisotopic (exact) mass is 542 g/mol. The highest BCUT2D eigenvalue weighted by molar-refractivity contribution is 6.35. The van der Waals surface area contributed by atoms with Crippen LogP contribution in [0, 0.1) is 6.92 Å². The van der Waals surface area contributed by atoms with E-state index in [0.29, 0.717) is 18.7 Å². The first kappa shape index (κ1) is 24.8. The largest absolute Gasteiger partial charge is 0.516 e. The normalized spacial score (nSPS) is 16.1. The van der Waals surface area contributed by atoms with E-state index in [1.165, 1.54) is 0 Å². The summed E-state index contributed by atoms with van der Waals surface area (Å²) in [6, 6.07) is 17.8. The molecule has 9 nitrogen and oxygen atoms in total. The van der Waals surface area contributed by atoms with Crippen LogP contribution in [0.3, 0.4) is 0 Å². The third-order valence-corrected chi connectivity index (χ3v) is 7.09. The van der Waals surface area contributed by atoms with E-state index in [2.05, 4.69) is 11.1 Å². The van der Waals surface area contributed by atoms with E-state index in [1.54, 1.807) is 30.0 Å². The number of aliphatic imine (C=N–C) groups is 1. The second kappa shape index (κ2) is 9.67. The number of hydrogen-bond acceptors (Lipinski definition) is 7. The van der Waals surface area contributed by atoms with Crippen molar-refractivity contribution >= 4 is 46.0 Å². The Hall–Kier alpha value is -4.50. The molecule has 1 unspecified atom stereocenters. The van der Waals surface area contributed by atoms with E-state index in [1.807, 2.05) is 43.3 Å². The molecule has 39 heavy (non-hydrogen) atoms. The quantitative estimate of drug-likeness (QED) is 0.342. The third-order valence-electron chi connectivity index (χ3n) is 6.78. The molecule has 1 atom stereocenters. The number of halogens is 1. The maximum Gasteiger partial charge on any atom is 0.516 e. The molecule has 2 aliphatic rings. The minimum atomic E-state index is -1.43. The van der Waals surface area contributed by atoms with Gasteiger partial charge in [-0.15, -0.1) is 0 Å². The molecule has 0 spiro atoms. The standard InChI is InChI=1S/C29H23ClN4O5/c1-3-38-29(37)39-28-31-21-11-7-10-20(30)22(21)26(35)34(28)25-27(36)33-13-12-18-14-16(2)15-19(24(18)33)23(32-25)17-8-5-4-6-9-17/h4-11,14-15,25H,3,12-13H2,1-2H3. The summed E-state index contributed by atoms with van der Waals surface area (Å²) in [6.07, 6.45) is -1.83. The Labute approximate surface area is 228 Å². The summed E-state index contributed by atoms with van der Waals surface area (Å²) in [4.78, 5) is 51.5. The summed E-state index contributed by atoms with van der Waals surface area (Å²) in [5.41, 5.74) is 4.46. The van der Waals surface area contributed by atoms with Crippen LogP contribution in [-0.2, 0) is 16.0 Å². The highest BCUT2D eigenvalue weighted by Crippen LogP contribution is 2.39. The highest BCUT2D eigenvalue weighted by Gasteiger charge is 2.39. The van der Waals surface area contributed by atoms with Crippen molar-refractivity contribution in [3.8, 4) is 6.01 Å².